The molecule has 0 aliphatic rings. The van der Waals surface area contributed by atoms with Gasteiger partial charge in [0, 0.05) is 18.7 Å². The van der Waals surface area contributed by atoms with Gasteiger partial charge in [-0.05, 0) is 23.3 Å². The van der Waals surface area contributed by atoms with Crippen molar-refractivity contribution in [3.8, 4) is 0 Å². The van der Waals surface area contributed by atoms with E-state index in [-0.39, 0.29) is 10.9 Å². The van der Waals surface area contributed by atoms with Gasteiger partial charge in [0.1, 0.15) is 5.82 Å². The monoisotopic (exact) mass is 307 g/mol. The predicted octanol–water partition coefficient (Wildman–Crippen LogP) is 2.86. The van der Waals surface area contributed by atoms with E-state index in [1.165, 1.54) is 6.07 Å². The molecule has 2 aromatic rings. The normalized spacial score (nSPS) is 11.6. The van der Waals surface area contributed by atoms with E-state index in [2.05, 4.69) is 10.5 Å². The van der Waals surface area contributed by atoms with Crippen LogP contribution < -0.4 is 11.1 Å². The molecule has 4 nitrogen and oxygen atoms in total. The first-order chi connectivity index (χ1) is 10.1. The standard InChI is InChI=1S/C15H15ClFN3O/c16-13-7-10(5-6-14(13)17)8-19-9-11-3-1-2-4-12(11)15(18)20-21/h1-7,19,21H,8-9H2,(H2,18,20). The highest BCUT2D eigenvalue weighted by Gasteiger charge is 2.06. The van der Waals surface area contributed by atoms with Crippen molar-refractivity contribution in [3.63, 3.8) is 0 Å². The van der Waals surface area contributed by atoms with Gasteiger partial charge in [-0.1, -0.05) is 47.1 Å². The molecule has 2 aromatic carbocycles. The largest absolute Gasteiger partial charge is 0.409 e. The minimum atomic E-state index is -0.433. The first-order valence-corrected chi connectivity index (χ1v) is 6.70. The summed E-state index contributed by atoms with van der Waals surface area (Å²) >= 11 is 5.73. The van der Waals surface area contributed by atoms with Gasteiger partial charge in [-0.25, -0.2) is 4.39 Å². The molecule has 0 bridgehead atoms. The van der Waals surface area contributed by atoms with E-state index in [0.717, 1.165) is 11.1 Å². The van der Waals surface area contributed by atoms with E-state index < -0.39 is 5.82 Å². The van der Waals surface area contributed by atoms with Crippen molar-refractivity contribution in [2.75, 3.05) is 0 Å². The van der Waals surface area contributed by atoms with Crippen LogP contribution in [0.4, 0.5) is 4.39 Å². The summed E-state index contributed by atoms with van der Waals surface area (Å²) in [6, 6.07) is 11.9. The number of amidine groups is 1. The molecule has 0 atom stereocenters. The quantitative estimate of drug-likeness (QED) is 0.344. The first kappa shape index (κ1) is 15.3. The summed E-state index contributed by atoms with van der Waals surface area (Å²) < 4.78 is 13.1. The fraction of sp³-hybridized carbons (Fsp3) is 0.133. The van der Waals surface area contributed by atoms with Crippen LogP contribution in [0.25, 0.3) is 0 Å². The van der Waals surface area contributed by atoms with Crippen molar-refractivity contribution < 1.29 is 9.60 Å². The molecule has 0 unspecified atom stereocenters. The number of rotatable bonds is 5. The van der Waals surface area contributed by atoms with Crippen molar-refractivity contribution in [2.45, 2.75) is 13.1 Å². The number of nitrogens with zero attached hydrogens (tertiary/aromatic N) is 1. The average Bonchev–Trinajstić information content (AvgIpc) is 2.50. The molecule has 2 rings (SSSR count). The maximum Gasteiger partial charge on any atom is 0.170 e. The van der Waals surface area contributed by atoms with Gasteiger partial charge >= 0.3 is 0 Å². The third-order valence-corrected chi connectivity index (χ3v) is 3.32. The summed E-state index contributed by atoms with van der Waals surface area (Å²) in [5.74, 6) is -0.366. The molecule has 110 valence electrons. The molecular weight excluding hydrogens is 293 g/mol. The van der Waals surface area contributed by atoms with Crippen LogP contribution in [0.15, 0.2) is 47.6 Å². The lowest BCUT2D eigenvalue weighted by Gasteiger charge is -2.10. The summed E-state index contributed by atoms with van der Waals surface area (Å²) in [4.78, 5) is 0. The zero-order chi connectivity index (χ0) is 15.2. The number of oxime groups is 1. The number of nitrogens with two attached hydrogens (primary N) is 1. The van der Waals surface area contributed by atoms with E-state index in [1.54, 1.807) is 18.2 Å². The zero-order valence-corrected chi connectivity index (χ0v) is 11.9. The van der Waals surface area contributed by atoms with Crippen LogP contribution in [-0.4, -0.2) is 11.0 Å². The minimum absolute atomic E-state index is 0.0669. The molecule has 0 fully saturated rings. The number of benzene rings is 2. The summed E-state index contributed by atoms with van der Waals surface area (Å²) in [5.41, 5.74) is 8.08. The second kappa shape index (κ2) is 7.06. The molecular formula is C15H15ClFN3O. The minimum Gasteiger partial charge on any atom is -0.409 e. The molecule has 0 aliphatic carbocycles. The highest BCUT2D eigenvalue weighted by Crippen LogP contribution is 2.16. The molecule has 0 saturated heterocycles. The van der Waals surface area contributed by atoms with Gasteiger partial charge in [-0.2, -0.15) is 0 Å². The lowest BCUT2D eigenvalue weighted by molar-refractivity contribution is 0.318. The molecule has 0 saturated carbocycles. The Kier molecular flexibility index (Phi) is 5.14. The maximum atomic E-state index is 13.1. The SMILES string of the molecule is NC(=NO)c1ccccc1CNCc1ccc(F)c(Cl)c1. The lowest BCUT2D eigenvalue weighted by Crippen LogP contribution is -2.19. The molecule has 4 N–H and O–H groups in total. The molecule has 0 amide bonds. The highest BCUT2D eigenvalue weighted by atomic mass is 35.5. The fourth-order valence-corrected chi connectivity index (χ4v) is 2.17. The van der Waals surface area contributed by atoms with E-state index in [1.807, 2.05) is 18.2 Å². The Morgan fingerprint density at radius 2 is 2.00 bits per heavy atom. The molecule has 0 radical (unpaired) electrons. The summed E-state index contributed by atoms with van der Waals surface area (Å²) in [6.45, 7) is 1.06. The Bertz CT molecular complexity index is 661. The topological polar surface area (TPSA) is 70.6 Å². The Morgan fingerprint density at radius 3 is 2.71 bits per heavy atom. The van der Waals surface area contributed by atoms with Crippen molar-refractivity contribution in [2.24, 2.45) is 10.9 Å². The van der Waals surface area contributed by atoms with Crippen LogP contribution >= 0.6 is 11.6 Å². The Morgan fingerprint density at radius 1 is 1.24 bits per heavy atom. The van der Waals surface area contributed by atoms with Crippen LogP contribution in [0.5, 0.6) is 0 Å². The van der Waals surface area contributed by atoms with Crippen LogP contribution in [-0.2, 0) is 13.1 Å². The van der Waals surface area contributed by atoms with E-state index in [4.69, 9.17) is 22.5 Å². The number of nitrogens with one attached hydrogen (secondary N) is 1. The predicted molar refractivity (Wildman–Crippen MR) is 80.9 cm³/mol. The zero-order valence-electron chi connectivity index (χ0n) is 11.2. The van der Waals surface area contributed by atoms with Gasteiger partial charge < -0.3 is 16.3 Å². The summed E-state index contributed by atoms with van der Waals surface area (Å²) in [5, 5.41) is 15.1. The molecule has 6 heteroatoms. The smallest absolute Gasteiger partial charge is 0.170 e. The van der Waals surface area contributed by atoms with Crippen LogP contribution in [0.1, 0.15) is 16.7 Å². The van der Waals surface area contributed by atoms with Crippen molar-refractivity contribution in [1.29, 1.82) is 0 Å². The third kappa shape index (κ3) is 3.93. The van der Waals surface area contributed by atoms with E-state index >= 15 is 0 Å². The molecule has 0 aromatic heterocycles. The number of hydrogen-bond acceptors (Lipinski definition) is 3. The van der Waals surface area contributed by atoms with Gasteiger partial charge in [0.15, 0.2) is 5.84 Å². The summed E-state index contributed by atoms with van der Waals surface area (Å²) in [7, 11) is 0. The van der Waals surface area contributed by atoms with E-state index in [9.17, 15) is 4.39 Å². The van der Waals surface area contributed by atoms with Gasteiger partial charge in [-0.15, -0.1) is 0 Å². The van der Waals surface area contributed by atoms with Gasteiger partial charge in [-0.3, -0.25) is 0 Å². The molecule has 0 spiro atoms. The second-order valence-corrected chi connectivity index (χ2v) is 4.90. The number of halogens is 2. The van der Waals surface area contributed by atoms with Crippen molar-refractivity contribution >= 4 is 17.4 Å². The molecule has 0 aliphatic heterocycles. The average molecular weight is 308 g/mol. The Labute approximate surface area is 127 Å². The van der Waals surface area contributed by atoms with Crippen LogP contribution in [0.3, 0.4) is 0 Å². The Hall–Kier alpha value is -2.11. The summed E-state index contributed by atoms with van der Waals surface area (Å²) in [6.07, 6.45) is 0. The fourth-order valence-electron chi connectivity index (χ4n) is 1.97. The van der Waals surface area contributed by atoms with Crippen LogP contribution in [0, 0.1) is 5.82 Å². The Balaban J connectivity index is 2.02. The first-order valence-electron chi connectivity index (χ1n) is 6.32. The van der Waals surface area contributed by atoms with Crippen molar-refractivity contribution in [1.82, 2.24) is 5.32 Å². The highest BCUT2D eigenvalue weighted by molar-refractivity contribution is 6.30. The third-order valence-electron chi connectivity index (χ3n) is 3.03. The second-order valence-electron chi connectivity index (χ2n) is 4.49. The van der Waals surface area contributed by atoms with Crippen molar-refractivity contribution in [3.05, 3.63) is 70.0 Å². The number of hydrogen-bond donors (Lipinski definition) is 3. The van der Waals surface area contributed by atoms with E-state index in [0.29, 0.717) is 18.7 Å². The molecule has 21 heavy (non-hydrogen) atoms. The van der Waals surface area contributed by atoms with Gasteiger partial charge in [0.2, 0.25) is 0 Å². The molecule has 0 heterocycles. The van der Waals surface area contributed by atoms with Crippen LogP contribution in [0.2, 0.25) is 5.02 Å². The lowest BCUT2D eigenvalue weighted by atomic mass is 10.1. The maximum absolute atomic E-state index is 13.1. The van der Waals surface area contributed by atoms with Gasteiger partial charge in [0.25, 0.3) is 0 Å². The van der Waals surface area contributed by atoms with Gasteiger partial charge in [0.05, 0.1) is 5.02 Å².